The van der Waals surface area contributed by atoms with Crippen LogP contribution >= 0.6 is 23.2 Å². The molecule has 0 spiro atoms. The van der Waals surface area contributed by atoms with E-state index in [4.69, 9.17) is 23.2 Å². The van der Waals surface area contributed by atoms with Gasteiger partial charge in [-0.15, -0.1) is 0 Å². The second-order valence-corrected chi connectivity index (χ2v) is 8.88. The average Bonchev–Trinajstić information content (AvgIpc) is 2.63. The van der Waals surface area contributed by atoms with Gasteiger partial charge < -0.3 is 4.90 Å². The monoisotopic (exact) mass is 402 g/mol. The molecular formula is C23H28Cl2N2. The van der Waals surface area contributed by atoms with Gasteiger partial charge in [-0.3, -0.25) is 4.90 Å². The van der Waals surface area contributed by atoms with E-state index in [-0.39, 0.29) is 0 Å². The van der Waals surface area contributed by atoms with E-state index < -0.39 is 0 Å². The lowest BCUT2D eigenvalue weighted by Gasteiger charge is -2.42. The van der Waals surface area contributed by atoms with Gasteiger partial charge in [0.2, 0.25) is 0 Å². The van der Waals surface area contributed by atoms with Crippen molar-refractivity contribution in [3.05, 3.63) is 63.1 Å². The molecule has 0 bridgehead atoms. The van der Waals surface area contributed by atoms with Crippen molar-refractivity contribution in [2.24, 2.45) is 0 Å². The van der Waals surface area contributed by atoms with Gasteiger partial charge in [0.05, 0.1) is 15.7 Å². The Morgan fingerprint density at radius 2 is 1.63 bits per heavy atom. The van der Waals surface area contributed by atoms with Crippen molar-refractivity contribution >= 4 is 28.9 Å². The second-order valence-electron chi connectivity index (χ2n) is 8.06. The van der Waals surface area contributed by atoms with E-state index in [0.29, 0.717) is 12.0 Å². The van der Waals surface area contributed by atoms with Crippen LogP contribution in [0.4, 0.5) is 5.69 Å². The maximum Gasteiger partial charge on any atom is 0.0745 e. The maximum absolute atomic E-state index is 6.35. The fraction of sp³-hybridized carbons (Fsp3) is 0.478. The summed E-state index contributed by atoms with van der Waals surface area (Å²) in [6.07, 6.45) is 4.06. The molecule has 0 N–H and O–H groups in total. The van der Waals surface area contributed by atoms with E-state index in [2.05, 4.69) is 41.8 Å². The number of likely N-dealkylation sites (tertiary alicyclic amines) is 1. The van der Waals surface area contributed by atoms with Crippen LogP contribution in [0, 0.1) is 6.92 Å². The first-order valence-electron chi connectivity index (χ1n) is 10.1. The van der Waals surface area contributed by atoms with Crippen molar-refractivity contribution in [1.82, 2.24) is 4.90 Å². The molecule has 2 saturated heterocycles. The van der Waals surface area contributed by atoms with E-state index in [1.54, 1.807) is 0 Å². The minimum absolute atomic E-state index is 0.513. The fourth-order valence-corrected chi connectivity index (χ4v) is 5.22. The summed E-state index contributed by atoms with van der Waals surface area (Å²) in [5.41, 5.74) is 5.30. The summed E-state index contributed by atoms with van der Waals surface area (Å²) in [6.45, 7) is 9.05. The lowest BCUT2D eigenvalue weighted by molar-refractivity contribution is 0.174. The van der Waals surface area contributed by atoms with Crippen LogP contribution in [0.2, 0.25) is 10.0 Å². The number of rotatable bonds is 4. The zero-order chi connectivity index (χ0) is 19.0. The maximum atomic E-state index is 6.35. The minimum Gasteiger partial charge on any atom is -0.368 e. The number of nitrogens with zero attached hydrogens (tertiary/aromatic N) is 2. The summed E-state index contributed by atoms with van der Waals surface area (Å²) in [7, 11) is 0. The molecule has 2 fully saturated rings. The Kier molecular flexibility index (Phi) is 5.68. The summed E-state index contributed by atoms with van der Waals surface area (Å²) >= 11 is 12.7. The fourth-order valence-electron chi connectivity index (χ4n) is 4.59. The van der Waals surface area contributed by atoms with Gasteiger partial charge >= 0.3 is 0 Å². The molecule has 2 heterocycles. The predicted octanol–water partition coefficient (Wildman–Crippen LogP) is 6.45. The van der Waals surface area contributed by atoms with Crippen LogP contribution in [0.15, 0.2) is 36.4 Å². The topological polar surface area (TPSA) is 6.48 Å². The Labute approximate surface area is 173 Å². The number of piperidine rings is 1. The molecule has 4 heteroatoms. The van der Waals surface area contributed by atoms with Crippen molar-refractivity contribution in [2.75, 3.05) is 31.1 Å². The highest BCUT2D eigenvalue weighted by Crippen LogP contribution is 2.40. The van der Waals surface area contributed by atoms with E-state index in [0.717, 1.165) is 28.8 Å². The third-order valence-corrected chi connectivity index (χ3v) is 6.90. The predicted molar refractivity (Wildman–Crippen MR) is 116 cm³/mol. The molecule has 2 nitrogen and oxygen atoms in total. The van der Waals surface area contributed by atoms with Crippen LogP contribution in [0.25, 0.3) is 0 Å². The molecule has 0 aromatic heterocycles. The largest absolute Gasteiger partial charge is 0.368 e. The summed E-state index contributed by atoms with van der Waals surface area (Å²) in [5.74, 6) is 0.551. The molecule has 0 aliphatic carbocycles. The lowest BCUT2D eigenvalue weighted by Crippen LogP contribution is -2.45. The zero-order valence-electron chi connectivity index (χ0n) is 16.2. The molecule has 2 aliphatic heterocycles. The Morgan fingerprint density at radius 3 is 2.26 bits per heavy atom. The van der Waals surface area contributed by atoms with Gasteiger partial charge in [-0.2, -0.15) is 0 Å². The highest BCUT2D eigenvalue weighted by molar-refractivity contribution is 6.39. The third-order valence-electron chi connectivity index (χ3n) is 6.29. The Hall–Kier alpha value is -1.22. The highest BCUT2D eigenvalue weighted by Gasteiger charge is 2.31. The smallest absolute Gasteiger partial charge is 0.0745 e. The van der Waals surface area contributed by atoms with E-state index in [9.17, 15) is 0 Å². The first kappa shape index (κ1) is 19.1. The molecule has 27 heavy (non-hydrogen) atoms. The van der Waals surface area contributed by atoms with E-state index in [1.807, 2.05) is 18.2 Å². The van der Waals surface area contributed by atoms with Crippen LogP contribution < -0.4 is 4.90 Å². The highest BCUT2D eigenvalue weighted by atomic mass is 35.5. The molecule has 2 aliphatic rings. The van der Waals surface area contributed by atoms with Gasteiger partial charge in [0.25, 0.3) is 0 Å². The van der Waals surface area contributed by atoms with Gasteiger partial charge in [-0.05, 0) is 68.6 Å². The Balaban J connectivity index is 1.45. The number of anilines is 1. The van der Waals surface area contributed by atoms with E-state index >= 15 is 0 Å². The molecule has 0 radical (unpaired) electrons. The number of para-hydroxylation sites is 1. The Bertz CT molecular complexity index is 788. The van der Waals surface area contributed by atoms with Gasteiger partial charge in [0.15, 0.2) is 0 Å². The van der Waals surface area contributed by atoms with Crippen LogP contribution in [0.5, 0.6) is 0 Å². The van der Waals surface area contributed by atoms with Crippen LogP contribution in [-0.4, -0.2) is 31.1 Å². The number of benzene rings is 2. The lowest BCUT2D eigenvalue weighted by atomic mass is 9.87. The van der Waals surface area contributed by atoms with Crippen LogP contribution in [0.3, 0.4) is 0 Å². The quantitative estimate of drug-likeness (QED) is 0.579. The zero-order valence-corrected chi connectivity index (χ0v) is 17.7. The van der Waals surface area contributed by atoms with Crippen molar-refractivity contribution in [2.45, 2.75) is 45.1 Å². The van der Waals surface area contributed by atoms with Crippen molar-refractivity contribution in [1.29, 1.82) is 0 Å². The summed E-state index contributed by atoms with van der Waals surface area (Å²) in [5, 5.41) is 1.48. The van der Waals surface area contributed by atoms with Crippen LogP contribution in [-0.2, 0) is 0 Å². The first-order chi connectivity index (χ1) is 13.0. The summed E-state index contributed by atoms with van der Waals surface area (Å²) < 4.78 is 0. The van der Waals surface area contributed by atoms with Gasteiger partial charge in [-0.1, -0.05) is 53.9 Å². The molecule has 0 saturated carbocycles. The molecule has 144 valence electrons. The molecule has 1 atom stereocenters. The molecule has 1 unspecified atom stereocenters. The number of hydrogen-bond donors (Lipinski definition) is 0. The summed E-state index contributed by atoms with van der Waals surface area (Å²) in [4.78, 5) is 4.92. The molecule has 4 rings (SSSR count). The normalized spacial score (nSPS) is 19.8. The van der Waals surface area contributed by atoms with Gasteiger partial charge in [-0.25, -0.2) is 0 Å². The molecule has 0 amide bonds. The van der Waals surface area contributed by atoms with Gasteiger partial charge in [0, 0.05) is 25.0 Å². The molecule has 2 aromatic carbocycles. The third kappa shape index (κ3) is 3.85. The van der Waals surface area contributed by atoms with Crippen molar-refractivity contribution in [3.63, 3.8) is 0 Å². The summed E-state index contributed by atoms with van der Waals surface area (Å²) in [6, 6.07) is 13.3. The second kappa shape index (κ2) is 8.03. The van der Waals surface area contributed by atoms with Crippen molar-refractivity contribution in [3.8, 4) is 0 Å². The SMILES string of the molecule is Cc1cc(C2CN(c3c(Cl)cccc3Cl)C2)ccc1C(C)N1CCCCC1. The number of halogens is 2. The molecular weight excluding hydrogens is 375 g/mol. The Morgan fingerprint density at radius 1 is 0.963 bits per heavy atom. The van der Waals surface area contributed by atoms with Crippen molar-refractivity contribution < 1.29 is 0 Å². The van der Waals surface area contributed by atoms with Gasteiger partial charge in [0.1, 0.15) is 0 Å². The average molecular weight is 403 g/mol. The van der Waals surface area contributed by atoms with Crippen LogP contribution in [0.1, 0.15) is 54.8 Å². The molecule has 2 aromatic rings. The standard InChI is InChI=1S/C23H28Cl2N2/c1-16-13-18(9-10-20(16)17(2)26-11-4-3-5-12-26)19-14-27(15-19)23-21(24)7-6-8-22(23)25/h6-10,13,17,19H,3-5,11-12,14-15H2,1-2H3. The van der Waals surface area contributed by atoms with E-state index in [1.165, 1.54) is 49.0 Å². The number of aryl methyl sites for hydroxylation is 1. The first-order valence-corrected chi connectivity index (χ1v) is 10.8. The number of hydrogen-bond acceptors (Lipinski definition) is 2. The minimum atomic E-state index is 0.513.